The largest absolute Gasteiger partial charge is 1.00 e. The van der Waals surface area contributed by atoms with Crippen LogP contribution in [0, 0.1) is 11.8 Å². The first kappa shape index (κ1) is 17.5. The molecule has 5 nitrogen and oxygen atoms in total. The molecule has 0 atom stereocenters. The summed E-state index contributed by atoms with van der Waals surface area (Å²) in [6.45, 7) is 1.66. The van der Waals surface area contributed by atoms with Gasteiger partial charge in [-0.05, 0) is 35.5 Å². The van der Waals surface area contributed by atoms with Crippen molar-refractivity contribution < 1.29 is 12.4 Å². The Hall–Kier alpha value is -1.55. The Bertz CT molecular complexity index is 576. The van der Waals surface area contributed by atoms with E-state index in [1.807, 2.05) is 37.4 Å². The Kier molecular flexibility index (Phi) is 8.51. The van der Waals surface area contributed by atoms with Crippen molar-refractivity contribution in [2.75, 3.05) is 18.8 Å². The van der Waals surface area contributed by atoms with Crippen molar-refractivity contribution in [3.8, 4) is 11.8 Å². The molecule has 0 aliphatic carbocycles. The lowest BCUT2D eigenvalue weighted by molar-refractivity contribution is -0.00000428. The minimum atomic E-state index is 0. The van der Waals surface area contributed by atoms with Crippen molar-refractivity contribution in [2.24, 2.45) is 7.05 Å². The highest BCUT2D eigenvalue weighted by molar-refractivity contribution is 7.99. The first-order valence-electron chi connectivity index (χ1n) is 6.46. The second kappa shape index (κ2) is 10.2. The van der Waals surface area contributed by atoms with Gasteiger partial charge < -0.3 is 17.7 Å². The van der Waals surface area contributed by atoms with Crippen LogP contribution in [0.4, 0.5) is 0 Å². The van der Waals surface area contributed by atoms with E-state index >= 15 is 0 Å². The molecule has 0 saturated carbocycles. The maximum Gasteiger partial charge on any atom is 0.209 e. The van der Waals surface area contributed by atoms with Crippen LogP contribution in [-0.4, -0.2) is 39.0 Å². The van der Waals surface area contributed by atoms with Gasteiger partial charge in [0.25, 0.3) is 0 Å². The third-order valence-corrected chi connectivity index (χ3v) is 3.63. The summed E-state index contributed by atoms with van der Waals surface area (Å²) in [7, 11) is 1.85. The van der Waals surface area contributed by atoms with Crippen LogP contribution in [0.3, 0.4) is 0 Å². The Morgan fingerprint density at radius 3 is 2.81 bits per heavy atom. The van der Waals surface area contributed by atoms with Gasteiger partial charge in [-0.1, -0.05) is 41.8 Å². The second-order valence-electron chi connectivity index (χ2n) is 4.13. The molecule has 112 valence electrons. The van der Waals surface area contributed by atoms with Gasteiger partial charge in [-0.3, -0.25) is 0 Å². The molecular weight excluding hydrogens is 306 g/mol. The van der Waals surface area contributed by atoms with Crippen LogP contribution in [0.1, 0.15) is 12.0 Å². The average molecular weight is 323 g/mol. The molecule has 0 saturated heterocycles. The number of tetrazole rings is 1. The molecule has 0 fully saturated rings. The standard InChI is InChI=1S/C14H17N5S.ClH/c1-19-14(16-17-18-19)20-12-6-11-15-10-5-9-13-7-3-2-4-8-13;/h2-4,7-8,15H,6,10-12H2,1H3;1H/p-1. The molecule has 0 aliphatic heterocycles. The minimum absolute atomic E-state index is 0. The number of hydrogen-bond acceptors (Lipinski definition) is 5. The molecule has 1 N–H and O–H groups in total. The van der Waals surface area contributed by atoms with Crippen LogP contribution in [0.2, 0.25) is 0 Å². The van der Waals surface area contributed by atoms with Crippen LogP contribution in [0.25, 0.3) is 0 Å². The van der Waals surface area contributed by atoms with E-state index in [9.17, 15) is 0 Å². The molecule has 0 radical (unpaired) electrons. The van der Waals surface area contributed by atoms with Crippen LogP contribution in [-0.2, 0) is 7.05 Å². The third-order valence-electron chi connectivity index (χ3n) is 2.53. The molecule has 2 aromatic rings. The smallest absolute Gasteiger partial charge is 0.209 e. The normalized spacial score (nSPS) is 9.57. The molecule has 7 heteroatoms. The van der Waals surface area contributed by atoms with Crippen molar-refractivity contribution in [2.45, 2.75) is 11.6 Å². The Morgan fingerprint density at radius 2 is 2.10 bits per heavy atom. The van der Waals surface area contributed by atoms with E-state index in [-0.39, 0.29) is 12.4 Å². The highest BCUT2D eigenvalue weighted by Gasteiger charge is 2.01. The number of aryl methyl sites for hydroxylation is 1. The van der Waals surface area contributed by atoms with Crippen molar-refractivity contribution in [3.05, 3.63) is 35.9 Å². The van der Waals surface area contributed by atoms with Gasteiger partial charge in [-0.15, -0.1) is 5.10 Å². The Balaban J connectivity index is 0.00000220. The van der Waals surface area contributed by atoms with Crippen LogP contribution in [0.5, 0.6) is 0 Å². The molecule has 1 aromatic heterocycles. The third kappa shape index (κ3) is 6.63. The zero-order valence-corrected chi connectivity index (χ0v) is 13.4. The number of thioether (sulfide) groups is 1. The van der Waals surface area contributed by atoms with Crippen molar-refractivity contribution in [1.82, 2.24) is 25.5 Å². The lowest BCUT2D eigenvalue weighted by atomic mass is 10.2. The van der Waals surface area contributed by atoms with E-state index < -0.39 is 0 Å². The summed E-state index contributed by atoms with van der Waals surface area (Å²) in [6, 6.07) is 10.0. The fourth-order valence-corrected chi connectivity index (χ4v) is 2.31. The van der Waals surface area contributed by atoms with Gasteiger partial charge in [0, 0.05) is 18.4 Å². The van der Waals surface area contributed by atoms with Gasteiger partial charge in [0.15, 0.2) is 0 Å². The monoisotopic (exact) mass is 322 g/mol. The first-order valence-corrected chi connectivity index (χ1v) is 7.44. The maximum absolute atomic E-state index is 3.92. The summed E-state index contributed by atoms with van der Waals surface area (Å²) in [6.07, 6.45) is 1.06. The van der Waals surface area contributed by atoms with Crippen LogP contribution < -0.4 is 17.7 Å². The summed E-state index contributed by atoms with van der Waals surface area (Å²) >= 11 is 1.67. The summed E-state index contributed by atoms with van der Waals surface area (Å²) in [5.41, 5.74) is 1.06. The number of nitrogens with zero attached hydrogens (tertiary/aromatic N) is 4. The molecule has 0 aliphatic rings. The van der Waals surface area contributed by atoms with Gasteiger partial charge in [0.2, 0.25) is 5.16 Å². The molecule has 1 heterocycles. The van der Waals surface area contributed by atoms with Gasteiger partial charge in [-0.2, -0.15) is 0 Å². The van der Waals surface area contributed by atoms with Crippen LogP contribution >= 0.6 is 11.8 Å². The lowest BCUT2D eigenvalue weighted by Crippen LogP contribution is -3.00. The number of rotatable bonds is 6. The molecule has 2 rings (SSSR count). The maximum atomic E-state index is 3.92. The van der Waals surface area contributed by atoms with Crippen LogP contribution in [0.15, 0.2) is 35.5 Å². The number of nitrogens with one attached hydrogen (secondary N) is 1. The molecule has 0 bridgehead atoms. The highest BCUT2D eigenvalue weighted by atomic mass is 35.5. The lowest BCUT2D eigenvalue weighted by Gasteiger charge is -2.00. The fraction of sp³-hybridized carbons (Fsp3) is 0.357. The van der Waals surface area contributed by atoms with Crippen molar-refractivity contribution in [3.63, 3.8) is 0 Å². The summed E-state index contributed by atoms with van der Waals surface area (Å²) in [4.78, 5) is 0. The summed E-state index contributed by atoms with van der Waals surface area (Å²) < 4.78 is 1.68. The molecule has 0 unspecified atom stereocenters. The molecule has 0 amide bonds. The average Bonchev–Trinajstić information content (AvgIpc) is 2.88. The van der Waals surface area contributed by atoms with E-state index in [1.165, 1.54) is 0 Å². The predicted octanol–water partition coefficient (Wildman–Crippen LogP) is -1.66. The fourth-order valence-electron chi connectivity index (χ4n) is 1.52. The first-order chi connectivity index (χ1) is 9.86. The Labute approximate surface area is 135 Å². The van der Waals surface area contributed by atoms with Crippen molar-refractivity contribution >= 4 is 11.8 Å². The zero-order chi connectivity index (χ0) is 14.0. The van der Waals surface area contributed by atoms with E-state index in [4.69, 9.17) is 0 Å². The number of halogens is 1. The van der Waals surface area contributed by atoms with E-state index in [2.05, 4.69) is 32.7 Å². The highest BCUT2D eigenvalue weighted by Crippen LogP contribution is 2.12. The number of benzene rings is 1. The van der Waals surface area contributed by atoms with E-state index in [1.54, 1.807) is 16.4 Å². The molecule has 0 spiro atoms. The summed E-state index contributed by atoms with van der Waals surface area (Å²) in [5.74, 6) is 7.22. The molecule has 1 aromatic carbocycles. The minimum Gasteiger partial charge on any atom is -1.00 e. The molecular formula is C14H17ClN5S-. The Morgan fingerprint density at radius 1 is 1.29 bits per heavy atom. The van der Waals surface area contributed by atoms with E-state index in [0.29, 0.717) is 6.54 Å². The predicted molar refractivity (Wildman–Crippen MR) is 80.3 cm³/mol. The van der Waals surface area contributed by atoms with Gasteiger partial charge >= 0.3 is 0 Å². The van der Waals surface area contributed by atoms with Gasteiger partial charge in [0.05, 0.1) is 6.54 Å². The summed E-state index contributed by atoms with van der Waals surface area (Å²) in [5, 5.41) is 15.5. The second-order valence-corrected chi connectivity index (χ2v) is 5.19. The van der Waals surface area contributed by atoms with E-state index in [0.717, 1.165) is 29.4 Å². The van der Waals surface area contributed by atoms with Gasteiger partial charge in [0.1, 0.15) is 0 Å². The molecule has 21 heavy (non-hydrogen) atoms. The SMILES string of the molecule is Cn1nnnc1SCCCNCC#Cc1ccccc1.[Cl-]. The quantitative estimate of drug-likeness (QED) is 0.392. The zero-order valence-electron chi connectivity index (χ0n) is 11.8. The number of hydrogen-bond donors (Lipinski definition) is 1. The topological polar surface area (TPSA) is 55.6 Å². The number of aromatic nitrogens is 4. The van der Waals surface area contributed by atoms with Crippen molar-refractivity contribution in [1.29, 1.82) is 0 Å². The van der Waals surface area contributed by atoms with Gasteiger partial charge in [-0.25, -0.2) is 4.68 Å².